The van der Waals surface area contributed by atoms with E-state index in [4.69, 9.17) is 0 Å². The van der Waals surface area contributed by atoms with E-state index in [0.29, 0.717) is 18.5 Å². The summed E-state index contributed by atoms with van der Waals surface area (Å²) in [4.78, 5) is 61.7. The first-order valence-corrected chi connectivity index (χ1v) is 21.0. The summed E-state index contributed by atoms with van der Waals surface area (Å²) in [6.07, 6.45) is 4.02. The lowest BCUT2D eigenvalue weighted by atomic mass is 9.97. The van der Waals surface area contributed by atoms with Gasteiger partial charge in [0.2, 0.25) is 17.7 Å². The molecule has 3 aliphatic heterocycles. The van der Waals surface area contributed by atoms with Gasteiger partial charge in [-0.1, -0.05) is 78.9 Å². The van der Waals surface area contributed by atoms with Crippen molar-refractivity contribution in [1.29, 1.82) is 0 Å². The van der Waals surface area contributed by atoms with Crippen LogP contribution in [-0.2, 0) is 40.8 Å². The molecule has 2 atom stereocenters. The number of aromatic nitrogens is 1. The van der Waals surface area contributed by atoms with Crippen LogP contribution in [0.25, 0.3) is 22.0 Å². The number of carbonyl (C=O) groups excluding carboxylic acids is 4. The van der Waals surface area contributed by atoms with Crippen molar-refractivity contribution in [3.05, 3.63) is 138 Å². The highest BCUT2D eigenvalue weighted by Gasteiger charge is 2.51. The van der Waals surface area contributed by atoms with E-state index < -0.39 is 12.2 Å². The number of phenols is 1. The Labute approximate surface area is 343 Å². The largest absolute Gasteiger partial charge is 0.508 e. The molecule has 0 unspecified atom stereocenters. The molecular weight excluding hydrogens is 749 g/mol. The van der Waals surface area contributed by atoms with Gasteiger partial charge < -0.3 is 24.4 Å². The van der Waals surface area contributed by atoms with Gasteiger partial charge in [-0.3, -0.25) is 19.2 Å². The fourth-order valence-corrected chi connectivity index (χ4v) is 9.53. The smallest absolute Gasteiger partial charge is 0.253 e. The van der Waals surface area contributed by atoms with Crippen molar-refractivity contribution in [2.24, 2.45) is 7.05 Å². The van der Waals surface area contributed by atoms with Gasteiger partial charge in [0.15, 0.2) is 0 Å². The van der Waals surface area contributed by atoms with E-state index in [9.17, 15) is 24.3 Å². The molecular formula is C46H48N6O5S. The van der Waals surface area contributed by atoms with Crippen molar-refractivity contribution in [2.75, 3.05) is 44.2 Å². The molecule has 1 N–H and O–H groups in total. The predicted octanol–water partition coefficient (Wildman–Crippen LogP) is 5.73. The summed E-state index contributed by atoms with van der Waals surface area (Å²) >= 11 is 1.87. The highest BCUT2D eigenvalue weighted by molar-refractivity contribution is 7.99. The molecule has 11 nitrogen and oxygen atoms in total. The van der Waals surface area contributed by atoms with E-state index in [0.717, 1.165) is 63.3 Å². The molecule has 3 saturated heterocycles. The molecule has 0 bridgehead atoms. The number of hydrazine groups is 1. The lowest BCUT2D eigenvalue weighted by molar-refractivity contribution is -0.205. The van der Waals surface area contributed by atoms with Crippen LogP contribution in [0.2, 0.25) is 0 Å². The van der Waals surface area contributed by atoms with Gasteiger partial charge in [-0.2, -0.15) is 11.8 Å². The number of hydrogen-bond donors (Lipinski definition) is 1. The zero-order valence-corrected chi connectivity index (χ0v) is 33.5. The van der Waals surface area contributed by atoms with E-state index >= 15 is 0 Å². The van der Waals surface area contributed by atoms with Crippen LogP contribution >= 0.6 is 11.8 Å². The second-order valence-corrected chi connectivity index (χ2v) is 16.4. The molecule has 3 aliphatic rings. The summed E-state index contributed by atoms with van der Waals surface area (Å²) in [5.41, 5.74) is 6.41. The molecule has 0 spiro atoms. The first kappa shape index (κ1) is 39.0. The van der Waals surface area contributed by atoms with Crippen molar-refractivity contribution >= 4 is 46.3 Å². The summed E-state index contributed by atoms with van der Waals surface area (Å²) in [5, 5.41) is 14.5. The summed E-state index contributed by atoms with van der Waals surface area (Å²) in [7, 11) is 2.00. The van der Waals surface area contributed by atoms with Gasteiger partial charge in [-0.15, -0.1) is 6.58 Å². The summed E-state index contributed by atoms with van der Waals surface area (Å²) < 4.78 is 2.08. The Balaban J connectivity index is 1.12. The van der Waals surface area contributed by atoms with Gasteiger partial charge in [0, 0.05) is 80.3 Å². The number of thioether (sulfide) groups is 1. The topological polar surface area (TPSA) is 110 Å². The number of rotatable bonds is 11. The normalized spacial score (nSPS) is 18.8. The van der Waals surface area contributed by atoms with Gasteiger partial charge >= 0.3 is 0 Å². The molecule has 8 rings (SSSR count). The molecule has 0 radical (unpaired) electrons. The number of para-hydroxylation sites is 1. The van der Waals surface area contributed by atoms with Crippen molar-refractivity contribution in [1.82, 2.24) is 29.3 Å². The number of benzene rings is 4. The third kappa shape index (κ3) is 7.86. The molecule has 58 heavy (non-hydrogen) atoms. The maximum absolute atomic E-state index is 14.8. The minimum Gasteiger partial charge on any atom is -0.508 e. The number of fused-ring (bicyclic) bond motifs is 2. The Hall–Kier alpha value is -5.85. The summed E-state index contributed by atoms with van der Waals surface area (Å²) in [5.74, 6) is 1.52. The van der Waals surface area contributed by atoms with E-state index in [1.54, 1.807) is 50.2 Å². The maximum atomic E-state index is 14.8. The molecule has 12 heteroatoms. The van der Waals surface area contributed by atoms with Crippen LogP contribution in [0, 0.1) is 0 Å². The van der Waals surface area contributed by atoms with E-state index in [2.05, 4.69) is 23.4 Å². The molecule has 3 fully saturated rings. The molecule has 298 valence electrons. The second kappa shape index (κ2) is 16.9. The second-order valence-electron chi connectivity index (χ2n) is 15.2. The number of nitrogens with zero attached hydrogens (tertiary/aromatic N) is 6. The molecule has 4 aromatic carbocycles. The Bertz CT molecular complexity index is 2320. The van der Waals surface area contributed by atoms with Gasteiger partial charge in [0.05, 0.1) is 18.6 Å². The van der Waals surface area contributed by atoms with E-state index in [-0.39, 0.29) is 61.9 Å². The number of aromatic hydroxyl groups is 1. The molecule has 4 heterocycles. The summed E-state index contributed by atoms with van der Waals surface area (Å²) in [6, 6.07) is 29.6. The lowest BCUT2D eigenvalue weighted by Gasteiger charge is -2.55. The van der Waals surface area contributed by atoms with Gasteiger partial charge in [0.25, 0.3) is 5.91 Å². The fourth-order valence-electron chi connectivity index (χ4n) is 8.63. The quantitative estimate of drug-likeness (QED) is 0.170. The van der Waals surface area contributed by atoms with Crippen LogP contribution in [0.3, 0.4) is 0 Å². The van der Waals surface area contributed by atoms with Crippen LogP contribution in [0.15, 0.2) is 116 Å². The minimum atomic E-state index is -0.876. The van der Waals surface area contributed by atoms with Gasteiger partial charge in [-0.25, -0.2) is 10.0 Å². The molecule has 5 aromatic rings. The lowest BCUT2D eigenvalue weighted by Crippen LogP contribution is -2.75. The van der Waals surface area contributed by atoms with E-state index in [1.807, 2.05) is 90.4 Å². The average Bonchev–Trinajstić information content (AvgIpc) is 3.59. The Morgan fingerprint density at radius 1 is 0.897 bits per heavy atom. The SMILES string of the molecule is C=CCN1CC(=O)N2[C@@H](Cc3ccc(O)cc3)C(=O)N(Cc3cccc4c(-c5ccc(C(=O)N6CCSCC6)cc5)cn(C)c34)C[C@@H]2N1C(=O)CCc1ccccc1. The predicted molar refractivity (Wildman–Crippen MR) is 227 cm³/mol. The number of phenolic OH excluding ortho intramolecular Hbond substituents is 1. The zero-order chi connectivity index (χ0) is 40.3. The van der Waals surface area contributed by atoms with Crippen LogP contribution in [0.5, 0.6) is 5.75 Å². The number of aryl methyl sites for hydroxylation is 2. The summed E-state index contributed by atoms with van der Waals surface area (Å²) in [6.45, 7) is 6.06. The number of piperazine rings is 1. The van der Waals surface area contributed by atoms with Crippen molar-refractivity contribution in [2.45, 2.75) is 38.0 Å². The molecule has 1 aromatic heterocycles. The molecule has 4 amide bonds. The first-order valence-electron chi connectivity index (χ1n) is 19.8. The fraction of sp³-hybridized carbons (Fsp3) is 0.304. The molecule has 0 aliphatic carbocycles. The van der Waals surface area contributed by atoms with Crippen LogP contribution in [0.1, 0.15) is 33.5 Å². The Morgan fingerprint density at radius 2 is 1.64 bits per heavy atom. The van der Waals surface area contributed by atoms with Crippen LogP contribution < -0.4 is 0 Å². The van der Waals surface area contributed by atoms with Crippen LogP contribution in [0.4, 0.5) is 0 Å². The van der Waals surface area contributed by atoms with Crippen molar-refractivity contribution in [3.8, 4) is 16.9 Å². The van der Waals surface area contributed by atoms with Crippen molar-refractivity contribution in [3.63, 3.8) is 0 Å². The number of amides is 4. The third-order valence-corrected chi connectivity index (χ3v) is 12.4. The Kier molecular flexibility index (Phi) is 11.4. The minimum absolute atomic E-state index is 0.0586. The monoisotopic (exact) mass is 796 g/mol. The maximum Gasteiger partial charge on any atom is 0.253 e. The van der Waals surface area contributed by atoms with Crippen LogP contribution in [-0.4, -0.2) is 114 Å². The third-order valence-electron chi connectivity index (χ3n) is 11.4. The number of hydrogen-bond acceptors (Lipinski definition) is 7. The highest BCUT2D eigenvalue weighted by atomic mass is 32.2. The Morgan fingerprint density at radius 3 is 2.36 bits per heavy atom. The van der Waals surface area contributed by atoms with Gasteiger partial charge in [0.1, 0.15) is 18.0 Å². The van der Waals surface area contributed by atoms with Gasteiger partial charge in [-0.05, 0) is 52.9 Å². The standard InChI is InChI=1S/C46H48N6O5S/c1-3-22-50-31-43(55)51-40(27-33-12-19-37(53)20-13-33)46(57)49(30-41(51)52(50)42(54)21-14-32-8-5-4-6-9-32)28-36-10-7-11-38-39(29-47(2)44(36)38)34-15-17-35(18-16-34)45(56)48-23-25-58-26-24-48/h3-13,15-20,29,40-41,53H,1,14,21-28,30-31H2,2H3/t40-,41-/m0/s1. The van der Waals surface area contributed by atoms with Crippen molar-refractivity contribution < 1.29 is 24.3 Å². The first-order chi connectivity index (χ1) is 28.2. The number of carbonyl (C=O) groups is 4. The highest BCUT2D eigenvalue weighted by Crippen LogP contribution is 2.35. The zero-order valence-electron chi connectivity index (χ0n) is 32.7. The van der Waals surface area contributed by atoms with E-state index in [1.165, 1.54) is 0 Å². The molecule has 0 saturated carbocycles. The average molecular weight is 797 g/mol.